The smallest absolute Gasteiger partial charge is 0.323 e. The van der Waals surface area contributed by atoms with Crippen molar-refractivity contribution < 1.29 is 9.90 Å². The van der Waals surface area contributed by atoms with Gasteiger partial charge in [0, 0.05) is 13.0 Å². The van der Waals surface area contributed by atoms with Crippen LogP contribution in [0.1, 0.15) is 20.3 Å². The Morgan fingerprint density at radius 3 is 2.50 bits per heavy atom. The summed E-state index contributed by atoms with van der Waals surface area (Å²) >= 11 is 0. The zero-order valence-corrected chi connectivity index (χ0v) is 7.79. The first-order valence-electron chi connectivity index (χ1n) is 3.81. The summed E-state index contributed by atoms with van der Waals surface area (Å²) in [6.45, 7) is 3.92. The maximum absolute atomic E-state index is 10.7. The van der Waals surface area contributed by atoms with Gasteiger partial charge in [-0.15, -0.1) is 12.3 Å². The summed E-state index contributed by atoms with van der Waals surface area (Å²) in [4.78, 5) is 12.5. The third-order valence-electron chi connectivity index (χ3n) is 2.07. The number of carbonyl (C=O) groups is 1. The van der Waals surface area contributed by atoms with E-state index in [1.165, 1.54) is 0 Å². The van der Waals surface area contributed by atoms with Crippen LogP contribution in [0.25, 0.3) is 0 Å². The van der Waals surface area contributed by atoms with Gasteiger partial charge in [0.15, 0.2) is 0 Å². The second-order valence-electron chi connectivity index (χ2n) is 3.24. The Kier molecular flexibility index (Phi) is 3.78. The molecule has 0 aliphatic carbocycles. The van der Waals surface area contributed by atoms with E-state index in [2.05, 4.69) is 5.92 Å². The Balaban J connectivity index is 4.17. The molecule has 0 unspecified atom stereocenters. The zero-order valence-electron chi connectivity index (χ0n) is 7.79. The zero-order chi connectivity index (χ0) is 9.78. The molecule has 0 aromatic carbocycles. The fraction of sp³-hybridized carbons (Fsp3) is 0.667. The van der Waals surface area contributed by atoms with Gasteiger partial charge in [0.05, 0.1) is 0 Å². The van der Waals surface area contributed by atoms with E-state index in [1.807, 2.05) is 0 Å². The van der Waals surface area contributed by atoms with Crippen LogP contribution in [0.4, 0.5) is 0 Å². The van der Waals surface area contributed by atoms with Crippen molar-refractivity contribution in [1.82, 2.24) is 4.90 Å². The molecular formula is C9H15NO2. The van der Waals surface area contributed by atoms with Crippen LogP contribution < -0.4 is 0 Å². The topological polar surface area (TPSA) is 40.5 Å². The minimum absolute atomic E-state index is 0.577. The summed E-state index contributed by atoms with van der Waals surface area (Å²) < 4.78 is 0. The Labute approximate surface area is 73.4 Å². The quantitative estimate of drug-likeness (QED) is 0.633. The lowest BCUT2D eigenvalue weighted by Crippen LogP contribution is -2.48. The lowest BCUT2D eigenvalue weighted by molar-refractivity contribution is -0.148. The molecule has 0 aromatic heterocycles. The lowest BCUT2D eigenvalue weighted by atomic mass is 10.0. The van der Waals surface area contributed by atoms with E-state index in [9.17, 15) is 4.79 Å². The van der Waals surface area contributed by atoms with Crippen molar-refractivity contribution in [2.24, 2.45) is 0 Å². The van der Waals surface area contributed by atoms with Crippen molar-refractivity contribution in [2.45, 2.75) is 25.8 Å². The molecular weight excluding hydrogens is 154 g/mol. The summed E-state index contributed by atoms with van der Waals surface area (Å²) in [5.74, 6) is 1.64. The predicted molar refractivity (Wildman–Crippen MR) is 47.8 cm³/mol. The molecule has 0 atom stereocenters. The summed E-state index contributed by atoms with van der Waals surface area (Å²) in [7, 11) is 1.76. The second-order valence-corrected chi connectivity index (χ2v) is 3.24. The normalized spacial score (nSPS) is 11.2. The van der Waals surface area contributed by atoms with Gasteiger partial charge in [0.2, 0.25) is 0 Å². The predicted octanol–water partition coefficient (Wildman–Crippen LogP) is 0.805. The minimum Gasteiger partial charge on any atom is -0.480 e. The monoisotopic (exact) mass is 169 g/mol. The number of rotatable bonds is 4. The first kappa shape index (κ1) is 11.0. The molecule has 1 N–H and O–H groups in total. The molecule has 0 aliphatic heterocycles. The van der Waals surface area contributed by atoms with Gasteiger partial charge in [0.25, 0.3) is 0 Å². The van der Waals surface area contributed by atoms with Crippen LogP contribution in [-0.2, 0) is 4.79 Å². The van der Waals surface area contributed by atoms with Crippen molar-refractivity contribution >= 4 is 5.97 Å². The number of hydrogen-bond donors (Lipinski definition) is 1. The average molecular weight is 169 g/mol. The second kappa shape index (κ2) is 4.13. The van der Waals surface area contributed by atoms with Gasteiger partial charge in [-0.2, -0.15) is 0 Å². The molecule has 0 heterocycles. The fourth-order valence-corrected chi connectivity index (χ4v) is 0.675. The number of aliphatic carboxylic acids is 1. The van der Waals surface area contributed by atoms with Gasteiger partial charge in [0.1, 0.15) is 5.54 Å². The number of nitrogens with zero attached hydrogens (tertiary/aromatic N) is 1. The summed E-state index contributed by atoms with van der Waals surface area (Å²) in [5, 5.41) is 8.82. The van der Waals surface area contributed by atoms with E-state index in [4.69, 9.17) is 11.5 Å². The first-order chi connectivity index (χ1) is 5.42. The van der Waals surface area contributed by atoms with Crippen molar-refractivity contribution in [3.05, 3.63) is 0 Å². The third-order valence-corrected chi connectivity index (χ3v) is 2.07. The molecule has 0 radical (unpaired) electrons. The van der Waals surface area contributed by atoms with E-state index in [-0.39, 0.29) is 0 Å². The van der Waals surface area contributed by atoms with Crippen molar-refractivity contribution in [3.8, 4) is 12.3 Å². The van der Waals surface area contributed by atoms with Gasteiger partial charge < -0.3 is 5.11 Å². The molecule has 12 heavy (non-hydrogen) atoms. The highest BCUT2D eigenvalue weighted by Crippen LogP contribution is 2.11. The van der Waals surface area contributed by atoms with Crippen LogP contribution in [0.2, 0.25) is 0 Å². The van der Waals surface area contributed by atoms with E-state index >= 15 is 0 Å². The number of likely N-dealkylation sites (N-methyl/N-ethyl adjacent to an activating group) is 1. The Morgan fingerprint density at radius 1 is 1.67 bits per heavy atom. The minimum atomic E-state index is -0.836. The van der Waals surface area contributed by atoms with Crippen LogP contribution in [0.15, 0.2) is 0 Å². The molecule has 0 aliphatic rings. The van der Waals surface area contributed by atoms with E-state index in [0.717, 1.165) is 0 Å². The van der Waals surface area contributed by atoms with Crippen molar-refractivity contribution in [3.63, 3.8) is 0 Å². The first-order valence-corrected chi connectivity index (χ1v) is 3.81. The van der Waals surface area contributed by atoms with Crippen LogP contribution in [0, 0.1) is 12.3 Å². The van der Waals surface area contributed by atoms with Gasteiger partial charge in [-0.3, -0.25) is 9.69 Å². The number of carboxylic acid groups (broad SMARTS) is 1. The van der Waals surface area contributed by atoms with Crippen molar-refractivity contribution in [2.75, 3.05) is 13.6 Å². The molecule has 0 spiro atoms. The molecule has 3 nitrogen and oxygen atoms in total. The van der Waals surface area contributed by atoms with E-state index in [1.54, 1.807) is 25.8 Å². The average Bonchev–Trinajstić information content (AvgIpc) is 1.99. The van der Waals surface area contributed by atoms with Gasteiger partial charge in [-0.1, -0.05) is 0 Å². The van der Waals surface area contributed by atoms with Crippen molar-refractivity contribution in [1.29, 1.82) is 0 Å². The molecule has 0 fully saturated rings. The molecule has 0 aromatic rings. The Bertz CT molecular complexity index is 203. The molecule has 0 saturated heterocycles. The van der Waals surface area contributed by atoms with E-state index in [0.29, 0.717) is 13.0 Å². The largest absolute Gasteiger partial charge is 0.480 e. The summed E-state index contributed by atoms with van der Waals surface area (Å²) in [6, 6.07) is 0. The highest BCUT2D eigenvalue weighted by atomic mass is 16.4. The highest BCUT2D eigenvalue weighted by molar-refractivity contribution is 5.77. The van der Waals surface area contributed by atoms with E-state index < -0.39 is 11.5 Å². The fourth-order valence-electron chi connectivity index (χ4n) is 0.675. The number of carboxylic acids is 1. The van der Waals surface area contributed by atoms with Crippen LogP contribution in [-0.4, -0.2) is 35.1 Å². The maximum atomic E-state index is 10.7. The molecule has 0 saturated carbocycles. The molecule has 68 valence electrons. The van der Waals surface area contributed by atoms with Gasteiger partial charge >= 0.3 is 5.97 Å². The lowest BCUT2D eigenvalue weighted by Gasteiger charge is -2.30. The SMILES string of the molecule is C#CCCN(C)C(C)(C)C(=O)O. The van der Waals surface area contributed by atoms with Crippen LogP contribution >= 0.6 is 0 Å². The Hall–Kier alpha value is -1.01. The molecule has 3 heteroatoms. The van der Waals surface area contributed by atoms with Gasteiger partial charge in [-0.25, -0.2) is 0 Å². The number of hydrogen-bond acceptors (Lipinski definition) is 2. The molecule has 0 rings (SSSR count). The van der Waals surface area contributed by atoms with Crippen LogP contribution in [0.3, 0.4) is 0 Å². The maximum Gasteiger partial charge on any atom is 0.323 e. The third kappa shape index (κ3) is 2.55. The summed E-state index contributed by atoms with van der Waals surface area (Å²) in [5.41, 5.74) is -0.836. The van der Waals surface area contributed by atoms with Crippen LogP contribution in [0.5, 0.6) is 0 Å². The summed E-state index contributed by atoms with van der Waals surface area (Å²) in [6.07, 6.45) is 5.65. The molecule has 0 amide bonds. The standard InChI is InChI=1S/C9H15NO2/c1-5-6-7-10(4)9(2,3)8(11)12/h1H,6-7H2,2-4H3,(H,11,12). The number of terminal acetylenes is 1. The highest BCUT2D eigenvalue weighted by Gasteiger charge is 2.31. The van der Waals surface area contributed by atoms with Gasteiger partial charge in [-0.05, 0) is 20.9 Å². The molecule has 0 bridgehead atoms. The Morgan fingerprint density at radius 2 is 2.17 bits per heavy atom.